The molecule has 0 saturated carbocycles. The molecule has 4 heteroatoms. The molecule has 0 radical (unpaired) electrons. The Morgan fingerprint density at radius 3 is 2.00 bits per heavy atom. The number of para-hydroxylation sites is 1. The average Bonchev–Trinajstić information content (AvgIpc) is 2.37. The standard InChI is InChI=1S/C14H9F3N/c15-14(16,17)12-8-6-11(7-9-12)10-18-13-4-2-1-3-5-13/h1-9H/q+1. The van der Waals surface area contributed by atoms with Gasteiger partial charge in [0.25, 0.3) is 0 Å². The fraction of sp³-hybridized carbons (Fsp3) is 0.0714. The number of alkyl halides is 3. The zero-order chi connectivity index (χ0) is 13.0. The van der Waals surface area contributed by atoms with Gasteiger partial charge in [0.15, 0.2) is 0 Å². The highest BCUT2D eigenvalue weighted by Crippen LogP contribution is 2.29. The van der Waals surface area contributed by atoms with Gasteiger partial charge < -0.3 is 0 Å². The summed E-state index contributed by atoms with van der Waals surface area (Å²) in [6, 6.07) is 16.5. The Morgan fingerprint density at radius 1 is 0.833 bits per heavy atom. The molecule has 0 aromatic heterocycles. The molecule has 0 aliphatic rings. The van der Waals surface area contributed by atoms with Crippen LogP contribution in [0.1, 0.15) is 11.1 Å². The molecule has 2 aromatic carbocycles. The summed E-state index contributed by atoms with van der Waals surface area (Å²) in [5.41, 5.74) is 0.539. The van der Waals surface area contributed by atoms with Gasteiger partial charge in [-0.25, -0.2) is 0 Å². The molecule has 18 heavy (non-hydrogen) atoms. The molecule has 0 heterocycles. The third-order valence-corrected chi connectivity index (χ3v) is 2.28. The SMILES string of the molecule is FC(F)(F)c1ccc(C#[N+]c2ccccc2)cc1. The van der Waals surface area contributed by atoms with Gasteiger partial charge in [-0.1, -0.05) is 18.2 Å². The number of rotatable bonds is 0. The van der Waals surface area contributed by atoms with E-state index in [1.807, 2.05) is 18.2 Å². The van der Waals surface area contributed by atoms with Crippen molar-refractivity contribution in [2.45, 2.75) is 6.18 Å². The number of hydrogen-bond acceptors (Lipinski definition) is 0. The molecular formula is C14H9F3N+. The first-order chi connectivity index (χ1) is 8.55. The lowest BCUT2D eigenvalue weighted by molar-refractivity contribution is -0.137. The largest absolute Gasteiger partial charge is 0.416 e. The summed E-state index contributed by atoms with van der Waals surface area (Å²) in [4.78, 5) is 4.04. The number of benzene rings is 2. The zero-order valence-electron chi connectivity index (χ0n) is 9.28. The van der Waals surface area contributed by atoms with Crippen LogP contribution in [0.4, 0.5) is 18.9 Å². The quantitative estimate of drug-likeness (QED) is 0.635. The lowest BCUT2D eigenvalue weighted by Gasteiger charge is -2.04. The van der Waals surface area contributed by atoms with Crippen molar-refractivity contribution in [1.29, 1.82) is 0 Å². The summed E-state index contributed by atoms with van der Waals surface area (Å²) in [5.74, 6) is 0. The minimum absolute atomic E-state index is 0.506. The highest BCUT2D eigenvalue weighted by molar-refractivity contribution is 5.48. The molecule has 0 saturated heterocycles. The topological polar surface area (TPSA) is 4.36 Å². The van der Waals surface area contributed by atoms with Gasteiger partial charge in [0, 0.05) is 12.1 Å². The summed E-state index contributed by atoms with van der Waals surface area (Å²) in [6.07, 6.45) is -4.31. The highest BCUT2D eigenvalue weighted by Gasteiger charge is 2.29. The highest BCUT2D eigenvalue weighted by atomic mass is 19.4. The lowest BCUT2D eigenvalue weighted by Crippen LogP contribution is -2.03. The van der Waals surface area contributed by atoms with Crippen LogP contribution in [0.5, 0.6) is 0 Å². The Balaban J connectivity index is 2.20. The Hall–Kier alpha value is -2.28. The maximum Gasteiger partial charge on any atom is 0.416 e. The van der Waals surface area contributed by atoms with Crippen LogP contribution in [0.25, 0.3) is 4.85 Å². The molecule has 0 bridgehead atoms. The number of nitrogens with zero attached hydrogens (tertiary/aromatic N) is 1. The zero-order valence-corrected chi connectivity index (χ0v) is 9.28. The van der Waals surface area contributed by atoms with Crippen molar-refractivity contribution in [3.05, 3.63) is 70.6 Å². The molecule has 0 N–H and O–H groups in total. The Bertz CT molecular complexity index is 574. The van der Waals surface area contributed by atoms with Crippen molar-refractivity contribution >= 4 is 5.69 Å². The fourth-order valence-corrected chi connectivity index (χ4v) is 1.37. The van der Waals surface area contributed by atoms with Crippen LogP contribution in [0, 0.1) is 6.07 Å². The third kappa shape index (κ3) is 3.11. The summed E-state index contributed by atoms with van der Waals surface area (Å²) < 4.78 is 37.0. The third-order valence-electron chi connectivity index (χ3n) is 2.28. The van der Waals surface area contributed by atoms with Gasteiger partial charge >= 0.3 is 17.9 Å². The number of hydrogen-bond donors (Lipinski definition) is 0. The van der Waals surface area contributed by atoms with Gasteiger partial charge in [0.1, 0.15) is 5.56 Å². The Labute approximate surface area is 102 Å². The van der Waals surface area contributed by atoms with Crippen molar-refractivity contribution in [1.82, 2.24) is 0 Å². The van der Waals surface area contributed by atoms with E-state index in [2.05, 4.69) is 10.9 Å². The van der Waals surface area contributed by atoms with Crippen molar-refractivity contribution in [2.24, 2.45) is 0 Å². The van der Waals surface area contributed by atoms with E-state index >= 15 is 0 Å². The predicted molar refractivity (Wildman–Crippen MR) is 63.9 cm³/mol. The summed E-state index contributed by atoms with van der Waals surface area (Å²) in [6.45, 7) is 0. The Morgan fingerprint density at radius 2 is 1.44 bits per heavy atom. The van der Waals surface area contributed by atoms with Crippen LogP contribution >= 0.6 is 0 Å². The molecule has 0 spiro atoms. The minimum Gasteiger partial charge on any atom is -0.166 e. The molecule has 90 valence electrons. The van der Waals surface area contributed by atoms with E-state index in [0.717, 1.165) is 12.1 Å². The molecule has 1 nitrogen and oxygen atoms in total. The second-order valence-electron chi connectivity index (χ2n) is 3.63. The minimum atomic E-state index is -4.31. The second-order valence-corrected chi connectivity index (χ2v) is 3.63. The molecule has 2 aromatic rings. The van der Waals surface area contributed by atoms with Gasteiger partial charge in [-0.05, 0) is 29.1 Å². The first kappa shape index (κ1) is 12.2. The van der Waals surface area contributed by atoms with E-state index < -0.39 is 11.7 Å². The van der Waals surface area contributed by atoms with E-state index in [9.17, 15) is 13.2 Å². The van der Waals surface area contributed by atoms with Gasteiger partial charge in [0.05, 0.1) is 5.56 Å². The van der Waals surface area contributed by atoms with Crippen molar-refractivity contribution in [2.75, 3.05) is 0 Å². The first-order valence-corrected chi connectivity index (χ1v) is 5.25. The second kappa shape index (κ2) is 4.92. The monoisotopic (exact) mass is 248 g/mol. The maximum absolute atomic E-state index is 12.3. The molecular weight excluding hydrogens is 239 g/mol. The van der Waals surface area contributed by atoms with Crippen LogP contribution in [0.15, 0.2) is 54.6 Å². The van der Waals surface area contributed by atoms with Crippen molar-refractivity contribution in [3.63, 3.8) is 0 Å². The lowest BCUT2D eigenvalue weighted by atomic mass is 10.1. The van der Waals surface area contributed by atoms with Crippen LogP contribution in [-0.4, -0.2) is 0 Å². The van der Waals surface area contributed by atoms with Gasteiger partial charge in [-0.15, -0.1) is 0 Å². The van der Waals surface area contributed by atoms with Crippen molar-refractivity contribution < 1.29 is 13.2 Å². The van der Waals surface area contributed by atoms with Crippen LogP contribution in [0.3, 0.4) is 0 Å². The normalized spacial score (nSPS) is 10.6. The first-order valence-electron chi connectivity index (χ1n) is 5.25. The summed E-state index contributed by atoms with van der Waals surface area (Å²) in [5, 5.41) is 0. The van der Waals surface area contributed by atoms with E-state index in [1.54, 1.807) is 12.1 Å². The Kier molecular flexibility index (Phi) is 3.33. The molecule has 0 aliphatic heterocycles. The summed E-state index contributed by atoms with van der Waals surface area (Å²) in [7, 11) is 0. The van der Waals surface area contributed by atoms with E-state index in [0.29, 0.717) is 11.3 Å². The average molecular weight is 248 g/mol. The molecule has 0 amide bonds. The van der Waals surface area contributed by atoms with E-state index in [4.69, 9.17) is 0 Å². The number of halogens is 3. The van der Waals surface area contributed by atoms with E-state index in [-0.39, 0.29) is 0 Å². The van der Waals surface area contributed by atoms with Gasteiger partial charge in [-0.3, -0.25) is 0 Å². The van der Waals surface area contributed by atoms with Crippen LogP contribution < -0.4 is 0 Å². The van der Waals surface area contributed by atoms with Gasteiger partial charge in [0.2, 0.25) is 0 Å². The fourth-order valence-electron chi connectivity index (χ4n) is 1.37. The molecule has 2 rings (SSSR count). The summed E-state index contributed by atoms with van der Waals surface area (Å²) >= 11 is 0. The van der Waals surface area contributed by atoms with Crippen LogP contribution in [-0.2, 0) is 6.18 Å². The van der Waals surface area contributed by atoms with Gasteiger partial charge in [-0.2, -0.15) is 13.2 Å². The van der Waals surface area contributed by atoms with Crippen LogP contribution in [0.2, 0.25) is 0 Å². The van der Waals surface area contributed by atoms with Crippen molar-refractivity contribution in [3.8, 4) is 6.07 Å². The smallest absolute Gasteiger partial charge is 0.166 e. The molecule has 0 unspecified atom stereocenters. The molecule has 0 atom stereocenters. The molecule has 0 aliphatic carbocycles. The predicted octanol–water partition coefficient (Wildman–Crippen LogP) is 4.72. The molecule has 0 fully saturated rings. The maximum atomic E-state index is 12.3. The van der Waals surface area contributed by atoms with E-state index in [1.165, 1.54) is 12.1 Å².